The largest absolute Gasteiger partial charge is 0.460 e. The number of hydrogen-bond donors (Lipinski definition) is 0. The lowest BCUT2D eigenvalue weighted by molar-refractivity contribution is 0.0488. The van der Waals surface area contributed by atoms with E-state index in [0.717, 1.165) is 6.26 Å². The van der Waals surface area contributed by atoms with Crippen LogP contribution in [0.3, 0.4) is 0 Å². The molecule has 0 unspecified atom stereocenters. The van der Waals surface area contributed by atoms with E-state index in [4.69, 9.17) is 4.42 Å². The molecule has 0 spiro atoms. The Kier molecular flexibility index (Phi) is 3.52. The normalized spacial score (nSPS) is 11.3. The average Bonchev–Trinajstić information content (AvgIpc) is 2.50. The zero-order valence-electron chi connectivity index (χ0n) is 8.52. The molecule has 6 heteroatoms. The number of esters is 1. The van der Waals surface area contributed by atoms with Gasteiger partial charge in [-0.1, -0.05) is 0 Å². The molecule has 5 nitrogen and oxygen atoms in total. The van der Waals surface area contributed by atoms with Crippen molar-refractivity contribution in [2.75, 3.05) is 12.9 Å². The Bertz CT molecular complexity index is 443. The van der Waals surface area contributed by atoms with Gasteiger partial charge < -0.3 is 9.15 Å². The molecule has 0 N–H and O–H groups in total. The standard InChI is InChI=1S/C9H12O5S/c1-3-13-9(10)8-5-4-7(14-8)6-15(2,11)12/h4-5H,3,6H2,1-2H3. The molecule has 1 aromatic heterocycles. The Balaban J connectivity index is 2.77. The molecule has 0 atom stereocenters. The molecule has 0 aliphatic carbocycles. The van der Waals surface area contributed by atoms with Crippen molar-refractivity contribution in [3.05, 3.63) is 23.7 Å². The second-order valence-corrected chi connectivity index (χ2v) is 5.20. The molecule has 1 heterocycles. The van der Waals surface area contributed by atoms with E-state index < -0.39 is 15.8 Å². The summed E-state index contributed by atoms with van der Waals surface area (Å²) in [6, 6.07) is 2.85. The van der Waals surface area contributed by atoms with Crippen molar-refractivity contribution in [3.63, 3.8) is 0 Å². The van der Waals surface area contributed by atoms with Gasteiger partial charge in [0.25, 0.3) is 0 Å². The van der Waals surface area contributed by atoms with Gasteiger partial charge in [-0.05, 0) is 19.1 Å². The predicted octanol–water partition coefficient (Wildman–Crippen LogP) is 1.00. The highest BCUT2D eigenvalue weighted by Gasteiger charge is 2.14. The molecule has 0 aliphatic heterocycles. The number of ether oxygens (including phenoxy) is 1. The van der Waals surface area contributed by atoms with Crippen LogP contribution in [-0.2, 0) is 20.3 Å². The van der Waals surface area contributed by atoms with Crippen LogP contribution in [0.5, 0.6) is 0 Å². The van der Waals surface area contributed by atoms with Crippen molar-refractivity contribution in [3.8, 4) is 0 Å². The Labute approximate surface area is 88.0 Å². The van der Waals surface area contributed by atoms with Crippen LogP contribution in [0.2, 0.25) is 0 Å². The van der Waals surface area contributed by atoms with Gasteiger partial charge in [0.2, 0.25) is 5.76 Å². The first-order valence-corrected chi connectivity index (χ1v) is 6.42. The quantitative estimate of drug-likeness (QED) is 0.724. The minimum absolute atomic E-state index is 0.0236. The van der Waals surface area contributed by atoms with Crippen LogP contribution in [0.1, 0.15) is 23.2 Å². The summed E-state index contributed by atoms with van der Waals surface area (Å²) in [5.74, 6) is -0.542. The number of furan rings is 1. The summed E-state index contributed by atoms with van der Waals surface area (Å²) < 4.78 is 31.6. The van der Waals surface area contributed by atoms with Crippen LogP contribution in [-0.4, -0.2) is 27.2 Å². The van der Waals surface area contributed by atoms with Crippen molar-refractivity contribution in [2.45, 2.75) is 12.7 Å². The monoisotopic (exact) mass is 232 g/mol. The predicted molar refractivity (Wildman–Crippen MR) is 53.2 cm³/mol. The Morgan fingerprint density at radius 3 is 2.67 bits per heavy atom. The van der Waals surface area contributed by atoms with Crippen LogP contribution in [0.4, 0.5) is 0 Å². The fourth-order valence-electron chi connectivity index (χ4n) is 1.03. The third-order valence-corrected chi connectivity index (χ3v) is 2.35. The van der Waals surface area contributed by atoms with E-state index >= 15 is 0 Å². The third-order valence-electron chi connectivity index (χ3n) is 1.54. The lowest BCUT2D eigenvalue weighted by Crippen LogP contribution is -2.03. The summed E-state index contributed by atoms with van der Waals surface area (Å²) in [6.45, 7) is 1.93. The number of hydrogen-bond acceptors (Lipinski definition) is 5. The maximum absolute atomic E-state index is 11.2. The summed E-state index contributed by atoms with van der Waals surface area (Å²) in [5.41, 5.74) is 0. The van der Waals surface area contributed by atoms with Gasteiger partial charge in [0.15, 0.2) is 9.84 Å². The lowest BCUT2D eigenvalue weighted by Gasteiger charge is -1.97. The van der Waals surface area contributed by atoms with Gasteiger partial charge in [0, 0.05) is 6.26 Å². The van der Waals surface area contributed by atoms with Crippen molar-refractivity contribution in [1.29, 1.82) is 0 Å². The van der Waals surface area contributed by atoms with Gasteiger partial charge in [-0.3, -0.25) is 0 Å². The highest BCUT2D eigenvalue weighted by molar-refractivity contribution is 7.89. The molecule has 0 saturated carbocycles. The summed E-state index contributed by atoms with van der Waals surface area (Å²) in [6.07, 6.45) is 1.10. The summed E-state index contributed by atoms with van der Waals surface area (Å²) in [7, 11) is -3.15. The van der Waals surface area contributed by atoms with Gasteiger partial charge in [0.05, 0.1) is 6.61 Å². The number of rotatable bonds is 4. The smallest absolute Gasteiger partial charge is 0.374 e. The molecule has 1 rings (SSSR count). The molecule has 1 aromatic rings. The molecule has 0 radical (unpaired) electrons. The van der Waals surface area contributed by atoms with E-state index in [9.17, 15) is 13.2 Å². The Hall–Kier alpha value is -1.30. The Morgan fingerprint density at radius 2 is 2.13 bits per heavy atom. The maximum atomic E-state index is 11.2. The molecule has 0 bridgehead atoms. The van der Waals surface area contributed by atoms with E-state index in [2.05, 4.69) is 4.74 Å². The van der Waals surface area contributed by atoms with E-state index in [0.29, 0.717) is 0 Å². The second kappa shape index (κ2) is 4.48. The van der Waals surface area contributed by atoms with Crippen LogP contribution < -0.4 is 0 Å². The fraction of sp³-hybridized carbons (Fsp3) is 0.444. The van der Waals surface area contributed by atoms with Crippen LogP contribution >= 0.6 is 0 Å². The van der Waals surface area contributed by atoms with E-state index in [1.807, 2.05) is 0 Å². The third kappa shape index (κ3) is 3.75. The zero-order valence-corrected chi connectivity index (χ0v) is 9.33. The minimum Gasteiger partial charge on any atom is -0.460 e. The first-order valence-electron chi connectivity index (χ1n) is 4.36. The molecule has 0 amide bonds. The number of sulfone groups is 1. The number of carbonyl (C=O) groups excluding carboxylic acids is 1. The highest BCUT2D eigenvalue weighted by Crippen LogP contribution is 2.11. The summed E-state index contributed by atoms with van der Waals surface area (Å²) in [5, 5.41) is 0. The van der Waals surface area contributed by atoms with Crippen LogP contribution in [0, 0.1) is 0 Å². The van der Waals surface area contributed by atoms with Crippen LogP contribution in [0.15, 0.2) is 16.5 Å². The molecule has 0 aliphatic rings. The number of carbonyl (C=O) groups is 1. The van der Waals surface area contributed by atoms with Crippen molar-refractivity contribution in [1.82, 2.24) is 0 Å². The Morgan fingerprint density at radius 1 is 1.47 bits per heavy atom. The highest BCUT2D eigenvalue weighted by atomic mass is 32.2. The average molecular weight is 232 g/mol. The molecule has 84 valence electrons. The first kappa shape index (κ1) is 11.8. The van der Waals surface area contributed by atoms with Gasteiger partial charge in [-0.2, -0.15) is 0 Å². The van der Waals surface area contributed by atoms with Gasteiger partial charge in [-0.15, -0.1) is 0 Å². The molecule has 0 aromatic carbocycles. The van der Waals surface area contributed by atoms with Crippen molar-refractivity contribution in [2.24, 2.45) is 0 Å². The topological polar surface area (TPSA) is 73.6 Å². The van der Waals surface area contributed by atoms with Crippen molar-refractivity contribution >= 4 is 15.8 Å². The van der Waals surface area contributed by atoms with Crippen LogP contribution in [0.25, 0.3) is 0 Å². The van der Waals surface area contributed by atoms with E-state index in [1.165, 1.54) is 12.1 Å². The lowest BCUT2D eigenvalue weighted by atomic mass is 10.4. The second-order valence-electron chi connectivity index (χ2n) is 3.06. The van der Waals surface area contributed by atoms with E-state index in [1.54, 1.807) is 6.92 Å². The summed E-state index contributed by atoms with van der Waals surface area (Å²) >= 11 is 0. The van der Waals surface area contributed by atoms with Gasteiger partial charge in [0.1, 0.15) is 11.5 Å². The zero-order chi connectivity index (χ0) is 11.5. The summed E-state index contributed by atoms with van der Waals surface area (Å²) in [4.78, 5) is 11.2. The molecule has 0 saturated heterocycles. The molecule has 0 fully saturated rings. The molecular weight excluding hydrogens is 220 g/mol. The maximum Gasteiger partial charge on any atom is 0.374 e. The first-order chi connectivity index (χ1) is 6.92. The molecule has 15 heavy (non-hydrogen) atoms. The fourth-order valence-corrected chi connectivity index (χ4v) is 1.70. The SMILES string of the molecule is CCOC(=O)c1ccc(CS(C)(=O)=O)o1. The van der Waals surface area contributed by atoms with E-state index in [-0.39, 0.29) is 23.9 Å². The van der Waals surface area contributed by atoms with Gasteiger partial charge in [-0.25, -0.2) is 13.2 Å². The van der Waals surface area contributed by atoms with Crippen molar-refractivity contribution < 1.29 is 22.4 Å². The minimum atomic E-state index is -3.15. The van der Waals surface area contributed by atoms with Gasteiger partial charge >= 0.3 is 5.97 Å². The molecular formula is C9H12O5S.